The number of nitrogens with zero attached hydrogens (tertiary/aromatic N) is 3. The van der Waals surface area contributed by atoms with E-state index in [2.05, 4.69) is 44.0 Å². The second-order valence-electron chi connectivity index (χ2n) is 6.85. The van der Waals surface area contributed by atoms with E-state index < -0.39 is 0 Å². The van der Waals surface area contributed by atoms with Crippen molar-refractivity contribution >= 4 is 0 Å². The van der Waals surface area contributed by atoms with Gasteiger partial charge >= 0.3 is 0 Å². The summed E-state index contributed by atoms with van der Waals surface area (Å²) >= 11 is 0. The fraction of sp³-hybridized carbons (Fsp3) is 0.824. The van der Waals surface area contributed by atoms with Gasteiger partial charge in [0.05, 0.1) is 12.2 Å². The van der Waals surface area contributed by atoms with Crippen molar-refractivity contribution in [3.05, 3.63) is 18.0 Å². The summed E-state index contributed by atoms with van der Waals surface area (Å²) in [5.74, 6) is 0.940. The number of likely N-dealkylation sites (N-methyl/N-ethyl adjacent to an activating group) is 1. The van der Waals surface area contributed by atoms with Gasteiger partial charge in [-0.25, -0.2) is 0 Å². The highest BCUT2D eigenvalue weighted by atomic mass is 15.3. The van der Waals surface area contributed by atoms with Gasteiger partial charge in [-0.05, 0) is 52.5 Å². The van der Waals surface area contributed by atoms with E-state index in [1.165, 1.54) is 37.7 Å². The fourth-order valence-electron chi connectivity index (χ4n) is 3.56. The van der Waals surface area contributed by atoms with Gasteiger partial charge in [0.1, 0.15) is 0 Å². The van der Waals surface area contributed by atoms with Crippen LogP contribution in [0.3, 0.4) is 0 Å². The maximum Gasteiger partial charge on any atom is 0.0538 e. The Morgan fingerprint density at radius 3 is 2.48 bits per heavy atom. The van der Waals surface area contributed by atoms with Gasteiger partial charge in [-0.1, -0.05) is 13.3 Å². The van der Waals surface area contributed by atoms with E-state index in [0.29, 0.717) is 24.7 Å². The van der Waals surface area contributed by atoms with Gasteiger partial charge in [-0.2, -0.15) is 5.10 Å². The molecule has 0 aliphatic heterocycles. The van der Waals surface area contributed by atoms with Crippen molar-refractivity contribution in [2.24, 2.45) is 11.7 Å². The summed E-state index contributed by atoms with van der Waals surface area (Å²) in [5, 5.41) is 4.47. The minimum atomic E-state index is 0.292. The standard InChI is InChI=1S/C17H32N4/c1-5-14-6-8-16(9-7-14)20(4)17(10-18)15-11-19-21(12-15)13(2)3/h11-14,16-17H,5-10,18H2,1-4H3. The number of aromatic nitrogens is 2. The molecule has 120 valence electrons. The third-order valence-electron chi connectivity index (χ3n) is 5.22. The van der Waals surface area contributed by atoms with Crippen LogP contribution in [0, 0.1) is 5.92 Å². The number of hydrogen-bond donors (Lipinski definition) is 1. The van der Waals surface area contributed by atoms with E-state index in [9.17, 15) is 0 Å². The molecule has 0 saturated heterocycles. The molecule has 2 N–H and O–H groups in total. The minimum Gasteiger partial charge on any atom is -0.329 e. The molecular formula is C17H32N4. The van der Waals surface area contributed by atoms with E-state index in [1.807, 2.05) is 10.9 Å². The summed E-state index contributed by atoms with van der Waals surface area (Å²) in [6.07, 6.45) is 10.8. The molecule has 1 aromatic rings. The van der Waals surface area contributed by atoms with Crippen LogP contribution >= 0.6 is 0 Å². The molecule has 1 atom stereocenters. The van der Waals surface area contributed by atoms with Gasteiger partial charge in [0, 0.05) is 30.4 Å². The second-order valence-corrected chi connectivity index (χ2v) is 6.85. The Bertz CT molecular complexity index is 418. The lowest BCUT2D eigenvalue weighted by Gasteiger charge is -2.38. The zero-order chi connectivity index (χ0) is 15.4. The lowest BCUT2D eigenvalue weighted by atomic mass is 9.83. The van der Waals surface area contributed by atoms with Crippen LogP contribution in [0.15, 0.2) is 12.4 Å². The molecule has 1 aliphatic rings. The van der Waals surface area contributed by atoms with Gasteiger partial charge in [0.15, 0.2) is 0 Å². The van der Waals surface area contributed by atoms with E-state index in [1.54, 1.807) is 0 Å². The Labute approximate surface area is 129 Å². The molecule has 1 aliphatic carbocycles. The van der Waals surface area contributed by atoms with Gasteiger partial charge in [-0.3, -0.25) is 9.58 Å². The third kappa shape index (κ3) is 3.86. The predicted molar refractivity (Wildman–Crippen MR) is 88.2 cm³/mol. The highest BCUT2D eigenvalue weighted by Gasteiger charge is 2.28. The summed E-state index contributed by atoms with van der Waals surface area (Å²) < 4.78 is 2.03. The average molecular weight is 292 g/mol. The lowest BCUT2D eigenvalue weighted by Crippen LogP contribution is -2.40. The Morgan fingerprint density at radius 1 is 1.33 bits per heavy atom. The number of nitrogens with two attached hydrogens (primary N) is 1. The molecule has 1 unspecified atom stereocenters. The molecule has 1 heterocycles. The molecule has 0 bridgehead atoms. The maximum atomic E-state index is 6.07. The van der Waals surface area contributed by atoms with Crippen molar-refractivity contribution in [3.63, 3.8) is 0 Å². The molecular weight excluding hydrogens is 260 g/mol. The number of rotatable bonds is 6. The van der Waals surface area contributed by atoms with Gasteiger partial charge in [0.2, 0.25) is 0 Å². The first-order valence-electron chi connectivity index (χ1n) is 8.52. The van der Waals surface area contributed by atoms with Crippen LogP contribution in [0.25, 0.3) is 0 Å². The maximum absolute atomic E-state index is 6.07. The molecule has 1 saturated carbocycles. The van der Waals surface area contributed by atoms with E-state index in [-0.39, 0.29) is 0 Å². The average Bonchev–Trinajstić information content (AvgIpc) is 2.98. The quantitative estimate of drug-likeness (QED) is 0.874. The highest BCUT2D eigenvalue weighted by molar-refractivity contribution is 5.12. The zero-order valence-corrected chi connectivity index (χ0v) is 14.1. The molecule has 21 heavy (non-hydrogen) atoms. The molecule has 1 fully saturated rings. The SMILES string of the molecule is CCC1CCC(N(C)C(CN)c2cnn(C(C)C)c2)CC1. The first kappa shape index (κ1) is 16.5. The molecule has 0 radical (unpaired) electrons. The Balaban J connectivity index is 2.02. The van der Waals surface area contributed by atoms with Crippen molar-refractivity contribution in [1.82, 2.24) is 14.7 Å². The van der Waals surface area contributed by atoms with Gasteiger partial charge in [-0.15, -0.1) is 0 Å². The normalized spacial score (nSPS) is 24.7. The van der Waals surface area contributed by atoms with Gasteiger partial charge < -0.3 is 5.73 Å². The largest absolute Gasteiger partial charge is 0.329 e. The van der Waals surface area contributed by atoms with Crippen LogP contribution < -0.4 is 5.73 Å². The van der Waals surface area contributed by atoms with E-state index >= 15 is 0 Å². The summed E-state index contributed by atoms with van der Waals surface area (Å²) in [6.45, 7) is 7.29. The second kappa shape index (κ2) is 7.41. The van der Waals surface area contributed by atoms with Crippen molar-refractivity contribution < 1.29 is 0 Å². The molecule has 2 rings (SSSR count). The Hall–Kier alpha value is -0.870. The lowest BCUT2D eigenvalue weighted by molar-refractivity contribution is 0.122. The minimum absolute atomic E-state index is 0.292. The topological polar surface area (TPSA) is 47.1 Å². The molecule has 4 nitrogen and oxygen atoms in total. The van der Waals surface area contributed by atoms with Crippen LogP contribution in [-0.4, -0.2) is 34.3 Å². The smallest absolute Gasteiger partial charge is 0.0538 e. The Morgan fingerprint density at radius 2 is 2.00 bits per heavy atom. The van der Waals surface area contributed by atoms with Crippen LogP contribution in [0.2, 0.25) is 0 Å². The van der Waals surface area contributed by atoms with Gasteiger partial charge in [0.25, 0.3) is 0 Å². The third-order valence-corrected chi connectivity index (χ3v) is 5.22. The number of hydrogen-bond acceptors (Lipinski definition) is 3. The summed E-state index contributed by atoms with van der Waals surface area (Å²) in [6, 6.07) is 1.37. The Kier molecular flexibility index (Phi) is 5.82. The van der Waals surface area contributed by atoms with E-state index in [4.69, 9.17) is 5.73 Å². The molecule has 4 heteroatoms. The molecule has 0 spiro atoms. The van der Waals surface area contributed by atoms with Crippen molar-refractivity contribution in [3.8, 4) is 0 Å². The van der Waals surface area contributed by atoms with Crippen LogP contribution in [-0.2, 0) is 0 Å². The van der Waals surface area contributed by atoms with Crippen molar-refractivity contribution in [1.29, 1.82) is 0 Å². The predicted octanol–water partition coefficient (Wildman–Crippen LogP) is 3.36. The molecule has 0 amide bonds. The van der Waals surface area contributed by atoms with Crippen LogP contribution in [0.1, 0.15) is 70.5 Å². The summed E-state index contributed by atoms with van der Waals surface area (Å²) in [7, 11) is 2.24. The molecule has 1 aromatic heterocycles. The first-order chi connectivity index (χ1) is 10.1. The van der Waals surface area contributed by atoms with Crippen molar-refractivity contribution in [2.45, 2.75) is 71.0 Å². The van der Waals surface area contributed by atoms with Crippen molar-refractivity contribution in [2.75, 3.05) is 13.6 Å². The summed E-state index contributed by atoms with van der Waals surface area (Å²) in [5.41, 5.74) is 7.33. The first-order valence-corrected chi connectivity index (χ1v) is 8.52. The van der Waals surface area contributed by atoms with E-state index in [0.717, 1.165) is 5.92 Å². The summed E-state index contributed by atoms with van der Waals surface area (Å²) in [4.78, 5) is 2.49. The van der Waals surface area contributed by atoms with Crippen LogP contribution in [0.5, 0.6) is 0 Å². The molecule has 0 aromatic carbocycles. The van der Waals surface area contributed by atoms with Crippen LogP contribution in [0.4, 0.5) is 0 Å². The fourth-order valence-corrected chi connectivity index (χ4v) is 3.56. The highest BCUT2D eigenvalue weighted by Crippen LogP contribution is 2.32. The monoisotopic (exact) mass is 292 g/mol. The zero-order valence-electron chi connectivity index (χ0n) is 14.1.